The number of halogens is 3. The van der Waals surface area contributed by atoms with E-state index >= 15 is 0 Å². The van der Waals surface area contributed by atoms with Gasteiger partial charge in [0.2, 0.25) is 5.91 Å². The van der Waals surface area contributed by atoms with E-state index in [1.807, 2.05) is 0 Å². The second kappa shape index (κ2) is 13.1. The number of unbranched alkanes of at least 4 members (excludes halogenated alkanes) is 3. The number of carbonyl (C=O) groups is 3. The van der Waals surface area contributed by atoms with Gasteiger partial charge < -0.3 is 29.5 Å². The summed E-state index contributed by atoms with van der Waals surface area (Å²) < 4.78 is 59.6. The maximum atomic E-state index is 14.3. The Kier molecular flexibility index (Phi) is 9.88. The lowest BCUT2D eigenvalue weighted by Gasteiger charge is -2.37. The van der Waals surface area contributed by atoms with E-state index in [1.165, 1.54) is 19.2 Å². The minimum Gasteiger partial charge on any atom is -0.497 e. The maximum absolute atomic E-state index is 14.3. The molecule has 45 heavy (non-hydrogen) atoms. The lowest BCUT2D eigenvalue weighted by atomic mass is 9.87. The Labute approximate surface area is 259 Å². The van der Waals surface area contributed by atoms with Crippen molar-refractivity contribution in [2.45, 2.75) is 102 Å². The number of alkyl carbamates (subject to hydrolysis) is 1. The van der Waals surface area contributed by atoms with E-state index in [0.29, 0.717) is 17.6 Å². The van der Waals surface area contributed by atoms with E-state index in [1.54, 1.807) is 32.9 Å². The molecule has 3 atom stereocenters. The summed E-state index contributed by atoms with van der Waals surface area (Å²) in [7, 11) is 1.44. The van der Waals surface area contributed by atoms with Crippen molar-refractivity contribution >= 4 is 28.9 Å². The zero-order valence-corrected chi connectivity index (χ0v) is 26.0. The summed E-state index contributed by atoms with van der Waals surface area (Å²) in [6.07, 6.45) is -0.747. The van der Waals surface area contributed by atoms with Crippen LogP contribution in [0.15, 0.2) is 30.9 Å². The number of aromatic nitrogens is 1. The van der Waals surface area contributed by atoms with Gasteiger partial charge in [-0.25, -0.2) is 14.6 Å². The fraction of sp³-hybridized carbons (Fsp3) is 0.562. The summed E-state index contributed by atoms with van der Waals surface area (Å²) in [5.41, 5.74) is -3.06. The standard InChI is InChI=1S/C32H40F3N3O7/c1-6-7-8-9-10-11-23(37-29(42)45-30(2,3)4)27(39)38-18-31(17-24(38)28(40)41)15-14-20-21-16-19(43-5)12-13-22(21)36-26(25(20)44-31)32(33,34)35/h6,12-13,16,23-24H,1,7-11,14-15,17-18H2,2-5H3,(H,37,42)(H,40,41)/t23-,24-,31+/m0/s1. The summed E-state index contributed by atoms with van der Waals surface area (Å²) in [5.74, 6) is -2.03. The normalized spacial score (nSPS) is 20.3. The average molecular weight is 636 g/mol. The van der Waals surface area contributed by atoms with Crippen molar-refractivity contribution in [3.63, 3.8) is 0 Å². The Morgan fingerprint density at radius 1 is 1.24 bits per heavy atom. The van der Waals surface area contributed by atoms with Crippen molar-refractivity contribution in [3.8, 4) is 11.5 Å². The summed E-state index contributed by atoms with van der Waals surface area (Å²) in [4.78, 5) is 44.0. The first-order valence-corrected chi connectivity index (χ1v) is 15.0. The Hall–Kier alpha value is -4.03. The second-order valence-corrected chi connectivity index (χ2v) is 12.6. The van der Waals surface area contributed by atoms with Crippen molar-refractivity contribution in [2.75, 3.05) is 13.7 Å². The zero-order chi connectivity index (χ0) is 33.2. The van der Waals surface area contributed by atoms with Crippen LogP contribution in [0.3, 0.4) is 0 Å². The zero-order valence-electron chi connectivity index (χ0n) is 26.0. The quantitative estimate of drug-likeness (QED) is 0.239. The number of allylic oxidation sites excluding steroid dienone is 1. The second-order valence-electron chi connectivity index (χ2n) is 12.6. The third kappa shape index (κ3) is 7.80. The van der Waals surface area contributed by atoms with Crippen molar-refractivity contribution in [1.82, 2.24) is 15.2 Å². The number of amides is 2. The van der Waals surface area contributed by atoms with Crippen molar-refractivity contribution in [3.05, 3.63) is 42.1 Å². The summed E-state index contributed by atoms with van der Waals surface area (Å²) >= 11 is 0. The van der Waals surface area contributed by atoms with E-state index in [2.05, 4.69) is 16.9 Å². The van der Waals surface area contributed by atoms with Gasteiger partial charge in [0.25, 0.3) is 0 Å². The van der Waals surface area contributed by atoms with Crippen LogP contribution in [0.5, 0.6) is 11.5 Å². The smallest absolute Gasteiger partial charge is 0.437 e. The van der Waals surface area contributed by atoms with Gasteiger partial charge in [-0.3, -0.25) is 4.79 Å². The van der Waals surface area contributed by atoms with E-state index in [0.717, 1.165) is 24.2 Å². The Morgan fingerprint density at radius 3 is 2.60 bits per heavy atom. The molecule has 2 amide bonds. The number of aryl methyl sites for hydroxylation is 1. The van der Waals surface area contributed by atoms with Crippen LogP contribution < -0.4 is 14.8 Å². The average Bonchev–Trinajstić information content (AvgIpc) is 3.32. The van der Waals surface area contributed by atoms with Crippen LogP contribution in [-0.4, -0.2) is 69.9 Å². The molecule has 3 heterocycles. The number of ether oxygens (including phenoxy) is 3. The molecule has 10 nitrogen and oxygen atoms in total. The highest BCUT2D eigenvalue weighted by molar-refractivity contribution is 5.90. The summed E-state index contributed by atoms with van der Waals surface area (Å²) in [6.45, 7) is 8.43. The third-order valence-corrected chi connectivity index (χ3v) is 8.03. The number of nitrogens with one attached hydrogen (secondary N) is 1. The van der Waals surface area contributed by atoms with Gasteiger partial charge in [0.05, 0.1) is 19.2 Å². The molecular formula is C32H40F3N3O7. The van der Waals surface area contributed by atoms with Crippen molar-refractivity contribution in [2.24, 2.45) is 0 Å². The highest BCUT2D eigenvalue weighted by Crippen LogP contribution is 2.48. The number of aliphatic carboxylic acids is 1. The molecule has 2 aromatic rings. The van der Waals surface area contributed by atoms with E-state index in [9.17, 15) is 32.7 Å². The molecule has 0 aliphatic carbocycles. The van der Waals surface area contributed by atoms with Crippen molar-refractivity contribution < 1.29 is 46.9 Å². The lowest BCUT2D eigenvalue weighted by molar-refractivity contribution is -0.149. The molecule has 246 valence electrons. The fourth-order valence-electron chi connectivity index (χ4n) is 5.96. The minimum atomic E-state index is -4.86. The summed E-state index contributed by atoms with van der Waals surface area (Å²) in [6, 6.07) is 2.06. The van der Waals surface area contributed by atoms with E-state index in [-0.39, 0.29) is 43.3 Å². The highest BCUT2D eigenvalue weighted by atomic mass is 19.4. The highest BCUT2D eigenvalue weighted by Gasteiger charge is 2.54. The molecule has 4 rings (SSSR count). The number of carboxylic acids is 1. The molecule has 2 N–H and O–H groups in total. The van der Waals surface area contributed by atoms with Gasteiger partial charge in [-0.15, -0.1) is 6.58 Å². The number of methoxy groups -OCH3 is 1. The molecule has 0 radical (unpaired) electrons. The number of nitrogens with zero attached hydrogens (tertiary/aromatic N) is 2. The summed E-state index contributed by atoms with van der Waals surface area (Å²) in [5, 5.41) is 13.2. The van der Waals surface area contributed by atoms with Gasteiger partial charge in [0.1, 0.15) is 29.0 Å². The van der Waals surface area contributed by atoms with Gasteiger partial charge in [-0.1, -0.05) is 18.9 Å². The van der Waals surface area contributed by atoms with Gasteiger partial charge in [-0.2, -0.15) is 13.2 Å². The van der Waals surface area contributed by atoms with Gasteiger partial charge in [0.15, 0.2) is 11.4 Å². The number of benzene rings is 1. The molecule has 0 unspecified atom stereocenters. The van der Waals surface area contributed by atoms with Crippen LogP contribution in [0.2, 0.25) is 0 Å². The Bertz CT molecular complexity index is 1460. The molecule has 1 aromatic heterocycles. The van der Waals surface area contributed by atoms with Crippen LogP contribution >= 0.6 is 0 Å². The first kappa shape index (κ1) is 33.9. The topological polar surface area (TPSA) is 127 Å². The molecule has 13 heteroatoms. The van der Waals surface area contributed by atoms with Crippen LogP contribution in [0.25, 0.3) is 10.9 Å². The number of likely N-dealkylation sites (tertiary alicyclic amines) is 1. The number of pyridine rings is 1. The van der Waals surface area contributed by atoms with Gasteiger partial charge >= 0.3 is 18.2 Å². The SMILES string of the molecule is C=CCCCCC[C@H](NC(=O)OC(C)(C)C)C(=O)N1C[C@@]2(CCc3c(c(C(F)(F)F)nc4ccc(OC)cc34)O2)C[C@H]1C(=O)O. The molecular weight excluding hydrogens is 595 g/mol. The molecule has 0 bridgehead atoms. The van der Waals surface area contributed by atoms with E-state index in [4.69, 9.17) is 14.2 Å². The first-order valence-electron chi connectivity index (χ1n) is 15.0. The molecule has 1 saturated heterocycles. The first-order chi connectivity index (χ1) is 21.1. The van der Waals surface area contributed by atoms with Crippen LogP contribution in [0, 0.1) is 0 Å². The Balaban J connectivity index is 1.66. The predicted molar refractivity (Wildman–Crippen MR) is 159 cm³/mol. The monoisotopic (exact) mass is 635 g/mol. The largest absolute Gasteiger partial charge is 0.497 e. The van der Waals surface area contributed by atoms with Crippen molar-refractivity contribution in [1.29, 1.82) is 0 Å². The molecule has 2 aliphatic heterocycles. The number of carbonyl (C=O) groups excluding carboxylic acids is 2. The number of carboxylic acid groups (broad SMARTS) is 1. The van der Waals surface area contributed by atoms with Gasteiger partial charge in [-0.05, 0) is 71.1 Å². The molecule has 0 saturated carbocycles. The van der Waals surface area contributed by atoms with Crippen LogP contribution in [-0.2, 0) is 26.9 Å². The molecule has 1 spiro atoms. The maximum Gasteiger partial charge on any atom is 0.437 e. The predicted octanol–water partition coefficient (Wildman–Crippen LogP) is 6.04. The molecule has 1 aromatic carbocycles. The third-order valence-electron chi connectivity index (χ3n) is 8.03. The van der Waals surface area contributed by atoms with Crippen LogP contribution in [0.4, 0.5) is 18.0 Å². The van der Waals surface area contributed by atoms with E-state index < -0.39 is 58.9 Å². The number of rotatable bonds is 10. The lowest BCUT2D eigenvalue weighted by Crippen LogP contribution is -2.53. The van der Waals surface area contributed by atoms with Gasteiger partial charge in [0, 0.05) is 17.4 Å². The number of alkyl halides is 3. The number of hydrogen-bond donors (Lipinski definition) is 2. The van der Waals surface area contributed by atoms with Crippen LogP contribution in [0.1, 0.15) is 77.0 Å². The molecule has 2 aliphatic rings. The molecule has 1 fully saturated rings. The Morgan fingerprint density at radius 2 is 1.98 bits per heavy atom. The fourth-order valence-corrected chi connectivity index (χ4v) is 5.96. The number of hydrogen-bond acceptors (Lipinski definition) is 7. The number of fused-ring (bicyclic) bond motifs is 3. The minimum absolute atomic E-state index is 0.122.